The van der Waals surface area contributed by atoms with Crippen LogP contribution in [0, 0.1) is 0 Å². The molecule has 3 nitrogen and oxygen atoms in total. The predicted octanol–water partition coefficient (Wildman–Crippen LogP) is 2.26. The lowest BCUT2D eigenvalue weighted by molar-refractivity contribution is 0.0877. The van der Waals surface area contributed by atoms with Gasteiger partial charge in [-0.1, -0.05) is 29.3 Å². The fourth-order valence-corrected chi connectivity index (χ4v) is 2.14. The summed E-state index contributed by atoms with van der Waals surface area (Å²) in [6.45, 7) is 4.13. The average Bonchev–Trinajstić information content (AvgIpc) is 2.30. The molecule has 0 aromatic heterocycles. The largest absolute Gasteiger partial charge is 0.394 e. The SMILES string of the molecule is CC(C)(Cc1ccc(Cl)cc1Cl)NC[C@@H](O)CO. The average molecular weight is 292 g/mol. The first-order valence-corrected chi connectivity index (χ1v) is 6.57. The molecule has 0 aliphatic heterocycles. The van der Waals surface area contributed by atoms with Gasteiger partial charge in [0.2, 0.25) is 0 Å². The lowest BCUT2D eigenvalue weighted by Crippen LogP contribution is -2.45. The summed E-state index contributed by atoms with van der Waals surface area (Å²) < 4.78 is 0. The van der Waals surface area contributed by atoms with Gasteiger partial charge in [0.1, 0.15) is 0 Å². The minimum Gasteiger partial charge on any atom is -0.394 e. The van der Waals surface area contributed by atoms with E-state index in [-0.39, 0.29) is 12.1 Å². The van der Waals surface area contributed by atoms with Gasteiger partial charge in [-0.3, -0.25) is 0 Å². The van der Waals surface area contributed by atoms with Crippen LogP contribution in [0.4, 0.5) is 0 Å². The molecule has 1 atom stereocenters. The molecule has 1 aromatic carbocycles. The molecule has 0 fully saturated rings. The Morgan fingerprint density at radius 3 is 2.56 bits per heavy atom. The first-order chi connectivity index (χ1) is 8.34. The Bertz CT molecular complexity index is 397. The van der Waals surface area contributed by atoms with E-state index >= 15 is 0 Å². The third-order valence-corrected chi connectivity index (χ3v) is 3.26. The van der Waals surface area contributed by atoms with Crippen molar-refractivity contribution in [2.75, 3.05) is 13.2 Å². The van der Waals surface area contributed by atoms with E-state index in [2.05, 4.69) is 5.32 Å². The molecule has 0 radical (unpaired) electrons. The first kappa shape index (κ1) is 15.7. The zero-order chi connectivity index (χ0) is 13.8. The number of hydrogen-bond donors (Lipinski definition) is 3. The van der Waals surface area contributed by atoms with Crippen LogP contribution in [0.1, 0.15) is 19.4 Å². The van der Waals surface area contributed by atoms with Crippen LogP contribution in [0.25, 0.3) is 0 Å². The molecule has 0 spiro atoms. The Kier molecular flexibility index (Phi) is 5.89. The number of nitrogens with one attached hydrogen (secondary N) is 1. The molecule has 18 heavy (non-hydrogen) atoms. The van der Waals surface area contributed by atoms with E-state index in [1.807, 2.05) is 19.9 Å². The van der Waals surface area contributed by atoms with Crippen molar-refractivity contribution in [1.29, 1.82) is 0 Å². The molecule has 0 saturated heterocycles. The lowest BCUT2D eigenvalue weighted by atomic mass is 9.94. The molecule has 0 unspecified atom stereocenters. The van der Waals surface area contributed by atoms with Crippen LogP contribution in [0.3, 0.4) is 0 Å². The van der Waals surface area contributed by atoms with Crippen LogP contribution >= 0.6 is 23.2 Å². The summed E-state index contributed by atoms with van der Waals surface area (Å²) in [4.78, 5) is 0. The summed E-state index contributed by atoms with van der Waals surface area (Å²) in [7, 11) is 0. The van der Waals surface area contributed by atoms with Crippen molar-refractivity contribution in [3.05, 3.63) is 33.8 Å². The van der Waals surface area contributed by atoms with Crippen LogP contribution in [-0.4, -0.2) is 35.0 Å². The standard InChI is InChI=1S/C13H19Cl2NO2/c1-13(2,16-7-11(18)8-17)6-9-3-4-10(14)5-12(9)15/h3-5,11,16-18H,6-8H2,1-2H3/t11-/m1/s1. The van der Waals surface area contributed by atoms with E-state index in [4.69, 9.17) is 28.3 Å². The number of β-amino-alcohol motifs (C(OH)–C–C–N with tert-alkyl or cyclic N) is 1. The Morgan fingerprint density at radius 2 is 2.00 bits per heavy atom. The van der Waals surface area contributed by atoms with E-state index in [1.165, 1.54) is 0 Å². The van der Waals surface area contributed by atoms with E-state index < -0.39 is 6.10 Å². The first-order valence-electron chi connectivity index (χ1n) is 5.82. The molecule has 0 bridgehead atoms. The van der Waals surface area contributed by atoms with Crippen LogP contribution in [0.5, 0.6) is 0 Å². The monoisotopic (exact) mass is 291 g/mol. The van der Waals surface area contributed by atoms with E-state index in [0.29, 0.717) is 23.0 Å². The molecule has 0 aliphatic rings. The maximum absolute atomic E-state index is 9.32. The van der Waals surface area contributed by atoms with Crippen molar-refractivity contribution in [1.82, 2.24) is 5.32 Å². The van der Waals surface area contributed by atoms with Gasteiger partial charge >= 0.3 is 0 Å². The molecular weight excluding hydrogens is 273 g/mol. The van der Waals surface area contributed by atoms with Crippen LogP contribution in [0.2, 0.25) is 10.0 Å². The zero-order valence-corrected chi connectivity index (χ0v) is 12.1. The van der Waals surface area contributed by atoms with Crippen LogP contribution in [-0.2, 0) is 6.42 Å². The molecule has 102 valence electrons. The van der Waals surface area contributed by atoms with Crippen molar-refractivity contribution in [2.24, 2.45) is 0 Å². The summed E-state index contributed by atoms with van der Waals surface area (Å²) >= 11 is 12.0. The van der Waals surface area contributed by atoms with Gasteiger partial charge in [-0.2, -0.15) is 0 Å². The van der Waals surface area contributed by atoms with Gasteiger partial charge in [0.05, 0.1) is 12.7 Å². The van der Waals surface area contributed by atoms with Crippen molar-refractivity contribution in [3.8, 4) is 0 Å². The highest BCUT2D eigenvalue weighted by molar-refractivity contribution is 6.35. The molecule has 3 N–H and O–H groups in total. The van der Waals surface area contributed by atoms with Gasteiger partial charge in [0.25, 0.3) is 0 Å². The summed E-state index contributed by atoms with van der Waals surface area (Å²) in [5.74, 6) is 0. The Morgan fingerprint density at radius 1 is 1.33 bits per heavy atom. The number of benzene rings is 1. The zero-order valence-electron chi connectivity index (χ0n) is 10.6. The molecule has 1 aromatic rings. The second-order valence-corrected chi connectivity index (χ2v) is 5.86. The van der Waals surface area contributed by atoms with Gasteiger partial charge < -0.3 is 15.5 Å². The van der Waals surface area contributed by atoms with Gasteiger partial charge in [-0.25, -0.2) is 0 Å². The Hall–Kier alpha value is -0.320. The summed E-state index contributed by atoms with van der Waals surface area (Å²) in [5, 5.41) is 22.5. The van der Waals surface area contributed by atoms with Gasteiger partial charge in [-0.15, -0.1) is 0 Å². The number of hydrogen-bond acceptors (Lipinski definition) is 3. The van der Waals surface area contributed by atoms with E-state index in [9.17, 15) is 5.11 Å². The number of aliphatic hydroxyl groups is 2. The Labute approximate surface area is 118 Å². The summed E-state index contributed by atoms with van der Waals surface area (Å²) in [6.07, 6.45) is -0.0359. The second kappa shape index (κ2) is 6.73. The van der Waals surface area contributed by atoms with Crippen LogP contribution in [0.15, 0.2) is 18.2 Å². The molecule has 1 rings (SSSR count). The maximum atomic E-state index is 9.32. The van der Waals surface area contributed by atoms with Gasteiger partial charge in [0, 0.05) is 22.1 Å². The summed E-state index contributed by atoms with van der Waals surface area (Å²) in [5.41, 5.74) is 0.769. The topological polar surface area (TPSA) is 52.5 Å². The molecule has 0 saturated carbocycles. The quantitative estimate of drug-likeness (QED) is 0.754. The highest BCUT2D eigenvalue weighted by Gasteiger charge is 2.20. The highest BCUT2D eigenvalue weighted by Crippen LogP contribution is 2.24. The third kappa shape index (κ3) is 5.12. The van der Waals surface area contributed by atoms with Crippen molar-refractivity contribution >= 4 is 23.2 Å². The fourth-order valence-electron chi connectivity index (χ4n) is 1.66. The second-order valence-electron chi connectivity index (χ2n) is 5.01. The van der Waals surface area contributed by atoms with Crippen molar-refractivity contribution < 1.29 is 10.2 Å². The molecule has 0 amide bonds. The summed E-state index contributed by atoms with van der Waals surface area (Å²) in [6, 6.07) is 5.43. The van der Waals surface area contributed by atoms with Crippen LogP contribution < -0.4 is 5.32 Å². The fraction of sp³-hybridized carbons (Fsp3) is 0.538. The predicted molar refractivity (Wildman–Crippen MR) is 75.3 cm³/mol. The normalized spacial score (nSPS) is 13.7. The van der Waals surface area contributed by atoms with E-state index in [1.54, 1.807) is 12.1 Å². The van der Waals surface area contributed by atoms with Gasteiger partial charge in [-0.05, 0) is 38.0 Å². The molecule has 0 heterocycles. The minimum atomic E-state index is -0.745. The molecule has 0 aliphatic carbocycles. The van der Waals surface area contributed by atoms with E-state index in [0.717, 1.165) is 5.56 Å². The third-order valence-electron chi connectivity index (χ3n) is 2.67. The molecular formula is C13H19Cl2NO2. The molecule has 5 heteroatoms. The smallest absolute Gasteiger partial charge is 0.0895 e. The Balaban J connectivity index is 2.64. The number of rotatable bonds is 6. The number of aliphatic hydroxyl groups excluding tert-OH is 2. The lowest BCUT2D eigenvalue weighted by Gasteiger charge is -2.28. The highest BCUT2D eigenvalue weighted by atomic mass is 35.5. The maximum Gasteiger partial charge on any atom is 0.0895 e. The minimum absolute atomic E-state index is 0.229. The number of halogens is 2. The van der Waals surface area contributed by atoms with Crippen molar-refractivity contribution in [3.63, 3.8) is 0 Å². The van der Waals surface area contributed by atoms with Gasteiger partial charge in [0.15, 0.2) is 0 Å². The van der Waals surface area contributed by atoms with Crippen molar-refractivity contribution in [2.45, 2.75) is 31.9 Å².